The predicted molar refractivity (Wildman–Crippen MR) is 76.1 cm³/mol. The van der Waals surface area contributed by atoms with Gasteiger partial charge in [-0.2, -0.15) is 0 Å². The normalized spacial score (nSPS) is 24.6. The van der Waals surface area contributed by atoms with E-state index in [1.807, 2.05) is 19.1 Å². The van der Waals surface area contributed by atoms with Crippen LogP contribution < -0.4 is 5.32 Å². The number of aliphatic hydroxyl groups excluding tert-OH is 1. The lowest BCUT2D eigenvalue weighted by Crippen LogP contribution is -2.40. The van der Waals surface area contributed by atoms with Crippen molar-refractivity contribution in [3.8, 4) is 0 Å². The summed E-state index contributed by atoms with van der Waals surface area (Å²) in [6.07, 6.45) is 4.11. The molecule has 0 aromatic heterocycles. The standard InChI is InChI=1S/C15H22ClNO/c1-11(18)5-4-8-17-13-9-12(10-13)14-6-2-3-7-15(14)16/h2-3,6-7,11-13,17-18H,4-5,8-10H2,1H3. The SMILES string of the molecule is CC(O)CCCNC1CC(c2ccccc2Cl)C1. The van der Waals surface area contributed by atoms with E-state index in [-0.39, 0.29) is 6.10 Å². The first kappa shape index (κ1) is 13.9. The molecule has 1 aliphatic carbocycles. The summed E-state index contributed by atoms with van der Waals surface area (Å²) in [5.74, 6) is 0.618. The Morgan fingerprint density at radius 2 is 2.11 bits per heavy atom. The van der Waals surface area contributed by atoms with Crippen molar-refractivity contribution >= 4 is 11.6 Å². The minimum absolute atomic E-state index is 0.177. The van der Waals surface area contributed by atoms with Crippen LogP contribution in [-0.4, -0.2) is 23.8 Å². The third-order valence-electron chi connectivity index (χ3n) is 3.71. The van der Waals surface area contributed by atoms with Gasteiger partial charge >= 0.3 is 0 Å². The topological polar surface area (TPSA) is 32.3 Å². The Hall–Kier alpha value is -0.570. The third-order valence-corrected chi connectivity index (χ3v) is 4.06. The molecule has 1 unspecified atom stereocenters. The average Bonchev–Trinajstić information content (AvgIpc) is 2.28. The first-order valence-corrected chi connectivity index (χ1v) is 7.20. The van der Waals surface area contributed by atoms with Crippen LogP contribution in [0.15, 0.2) is 24.3 Å². The maximum Gasteiger partial charge on any atom is 0.0512 e. The largest absolute Gasteiger partial charge is 0.393 e. The number of nitrogens with one attached hydrogen (secondary N) is 1. The molecule has 2 nitrogen and oxygen atoms in total. The highest BCUT2D eigenvalue weighted by Gasteiger charge is 2.30. The van der Waals surface area contributed by atoms with Crippen LogP contribution in [0.4, 0.5) is 0 Å². The summed E-state index contributed by atoms with van der Waals surface area (Å²) in [4.78, 5) is 0. The van der Waals surface area contributed by atoms with Crippen molar-refractivity contribution in [2.24, 2.45) is 0 Å². The summed E-state index contributed by atoms with van der Waals surface area (Å²) in [5, 5.41) is 13.6. The molecule has 2 rings (SSSR count). The Kier molecular flexibility index (Phi) is 5.04. The van der Waals surface area contributed by atoms with E-state index in [1.165, 1.54) is 18.4 Å². The highest BCUT2D eigenvalue weighted by Crippen LogP contribution is 2.39. The molecular weight excluding hydrogens is 246 g/mol. The number of benzene rings is 1. The summed E-state index contributed by atoms with van der Waals surface area (Å²) >= 11 is 6.19. The van der Waals surface area contributed by atoms with Gasteiger partial charge in [0, 0.05) is 11.1 Å². The van der Waals surface area contributed by atoms with Gasteiger partial charge in [0.05, 0.1) is 6.10 Å². The van der Waals surface area contributed by atoms with E-state index < -0.39 is 0 Å². The van der Waals surface area contributed by atoms with Crippen molar-refractivity contribution in [3.05, 3.63) is 34.9 Å². The predicted octanol–water partition coefficient (Wildman–Crippen LogP) is 3.34. The van der Waals surface area contributed by atoms with E-state index in [2.05, 4.69) is 17.4 Å². The highest BCUT2D eigenvalue weighted by molar-refractivity contribution is 6.31. The molecule has 1 fully saturated rings. The van der Waals surface area contributed by atoms with E-state index in [1.54, 1.807) is 0 Å². The van der Waals surface area contributed by atoms with E-state index in [4.69, 9.17) is 16.7 Å². The fourth-order valence-corrected chi connectivity index (χ4v) is 2.84. The zero-order valence-electron chi connectivity index (χ0n) is 10.9. The number of rotatable bonds is 6. The number of hydrogen-bond acceptors (Lipinski definition) is 2. The molecule has 3 heteroatoms. The van der Waals surface area contributed by atoms with Gasteiger partial charge in [-0.25, -0.2) is 0 Å². The fourth-order valence-electron chi connectivity index (χ4n) is 2.55. The van der Waals surface area contributed by atoms with Crippen molar-refractivity contribution < 1.29 is 5.11 Å². The molecule has 0 heterocycles. The van der Waals surface area contributed by atoms with Crippen LogP contribution in [0.2, 0.25) is 5.02 Å². The molecule has 1 aliphatic rings. The van der Waals surface area contributed by atoms with Gasteiger partial charge in [0.15, 0.2) is 0 Å². The van der Waals surface area contributed by atoms with Crippen LogP contribution in [0.3, 0.4) is 0 Å². The van der Waals surface area contributed by atoms with E-state index in [0.29, 0.717) is 12.0 Å². The second-order valence-electron chi connectivity index (χ2n) is 5.33. The summed E-state index contributed by atoms with van der Waals surface area (Å²) in [6.45, 7) is 2.85. The maximum atomic E-state index is 9.17. The van der Waals surface area contributed by atoms with Gasteiger partial charge in [-0.1, -0.05) is 29.8 Å². The molecule has 0 saturated heterocycles. The van der Waals surface area contributed by atoms with Gasteiger partial charge in [-0.15, -0.1) is 0 Å². The lowest BCUT2D eigenvalue weighted by Gasteiger charge is -2.37. The molecule has 0 radical (unpaired) electrons. The minimum atomic E-state index is -0.177. The van der Waals surface area contributed by atoms with Gasteiger partial charge in [0.25, 0.3) is 0 Å². The lowest BCUT2D eigenvalue weighted by molar-refractivity contribution is 0.179. The fraction of sp³-hybridized carbons (Fsp3) is 0.600. The second kappa shape index (κ2) is 6.55. The van der Waals surface area contributed by atoms with E-state index in [9.17, 15) is 0 Å². The van der Waals surface area contributed by atoms with Crippen LogP contribution in [0, 0.1) is 0 Å². The van der Waals surface area contributed by atoms with Crippen molar-refractivity contribution in [1.29, 1.82) is 0 Å². The molecule has 0 bridgehead atoms. The van der Waals surface area contributed by atoms with Gasteiger partial charge in [0.2, 0.25) is 0 Å². The Morgan fingerprint density at radius 3 is 2.78 bits per heavy atom. The molecule has 100 valence electrons. The summed E-state index contributed by atoms with van der Waals surface area (Å²) in [7, 11) is 0. The van der Waals surface area contributed by atoms with E-state index >= 15 is 0 Å². The Labute approximate surface area is 114 Å². The van der Waals surface area contributed by atoms with Gasteiger partial charge in [0.1, 0.15) is 0 Å². The molecule has 18 heavy (non-hydrogen) atoms. The lowest BCUT2D eigenvalue weighted by atomic mass is 9.76. The molecule has 0 amide bonds. The molecule has 1 aromatic rings. The van der Waals surface area contributed by atoms with Gasteiger partial charge in [-0.3, -0.25) is 0 Å². The minimum Gasteiger partial charge on any atom is -0.393 e. The number of hydrogen-bond donors (Lipinski definition) is 2. The average molecular weight is 268 g/mol. The third kappa shape index (κ3) is 3.71. The zero-order valence-corrected chi connectivity index (χ0v) is 11.7. The van der Waals surface area contributed by atoms with Crippen molar-refractivity contribution in [3.63, 3.8) is 0 Å². The highest BCUT2D eigenvalue weighted by atomic mass is 35.5. The molecular formula is C15H22ClNO. The monoisotopic (exact) mass is 267 g/mol. The van der Waals surface area contributed by atoms with Crippen LogP contribution in [0.5, 0.6) is 0 Å². The smallest absolute Gasteiger partial charge is 0.0512 e. The summed E-state index contributed by atoms with van der Waals surface area (Å²) < 4.78 is 0. The Bertz CT molecular complexity index is 375. The first-order valence-electron chi connectivity index (χ1n) is 6.82. The van der Waals surface area contributed by atoms with Crippen LogP contribution >= 0.6 is 11.6 Å². The zero-order chi connectivity index (χ0) is 13.0. The van der Waals surface area contributed by atoms with Crippen LogP contribution in [-0.2, 0) is 0 Å². The molecule has 1 atom stereocenters. The van der Waals surface area contributed by atoms with Crippen molar-refractivity contribution in [1.82, 2.24) is 5.32 Å². The molecule has 0 aliphatic heterocycles. The second-order valence-corrected chi connectivity index (χ2v) is 5.74. The number of aliphatic hydroxyl groups is 1. The van der Waals surface area contributed by atoms with Crippen molar-refractivity contribution in [2.45, 2.75) is 50.7 Å². The maximum absolute atomic E-state index is 9.17. The molecule has 2 N–H and O–H groups in total. The van der Waals surface area contributed by atoms with Gasteiger partial charge < -0.3 is 10.4 Å². The van der Waals surface area contributed by atoms with Crippen molar-refractivity contribution in [2.75, 3.05) is 6.54 Å². The van der Waals surface area contributed by atoms with Gasteiger partial charge in [-0.05, 0) is 56.7 Å². The quantitative estimate of drug-likeness (QED) is 0.775. The first-order chi connectivity index (χ1) is 8.66. The summed E-state index contributed by atoms with van der Waals surface area (Å²) in [5.41, 5.74) is 1.29. The van der Waals surface area contributed by atoms with Crippen LogP contribution in [0.25, 0.3) is 0 Å². The van der Waals surface area contributed by atoms with E-state index in [0.717, 1.165) is 24.4 Å². The summed E-state index contributed by atoms with van der Waals surface area (Å²) in [6, 6.07) is 8.78. The number of halogens is 1. The molecule has 1 saturated carbocycles. The Balaban J connectivity index is 1.67. The van der Waals surface area contributed by atoms with Crippen LogP contribution in [0.1, 0.15) is 44.1 Å². The Morgan fingerprint density at radius 1 is 1.39 bits per heavy atom. The molecule has 1 aromatic carbocycles. The molecule has 0 spiro atoms.